The lowest BCUT2D eigenvalue weighted by Crippen LogP contribution is -1.98. The molecule has 0 saturated carbocycles. The van der Waals surface area contributed by atoms with Crippen LogP contribution >= 0.6 is 0 Å². The molecule has 0 spiro atoms. The van der Waals surface area contributed by atoms with Gasteiger partial charge in [-0.1, -0.05) is 24.0 Å². The molecule has 1 saturated heterocycles. The van der Waals surface area contributed by atoms with Crippen LogP contribution in [0.15, 0.2) is 24.3 Å². The minimum absolute atomic E-state index is 0.232. The maximum atomic E-state index is 5.40. The lowest BCUT2D eigenvalue weighted by atomic mass is 10.1. The van der Waals surface area contributed by atoms with Gasteiger partial charge in [0.25, 0.3) is 0 Å². The molecule has 0 radical (unpaired) electrons. The van der Waals surface area contributed by atoms with Gasteiger partial charge in [-0.05, 0) is 12.1 Å². The van der Waals surface area contributed by atoms with Crippen molar-refractivity contribution in [3.05, 3.63) is 35.4 Å². The van der Waals surface area contributed by atoms with E-state index in [-0.39, 0.29) is 6.29 Å². The highest BCUT2D eigenvalue weighted by Crippen LogP contribution is 2.23. The van der Waals surface area contributed by atoms with E-state index in [4.69, 9.17) is 15.2 Å². The Bertz CT molecular complexity index is 386. The van der Waals surface area contributed by atoms with Gasteiger partial charge in [-0.3, -0.25) is 0 Å². The van der Waals surface area contributed by atoms with Crippen molar-refractivity contribution in [1.29, 1.82) is 0 Å². The van der Waals surface area contributed by atoms with Gasteiger partial charge in [0.1, 0.15) is 0 Å². The predicted molar refractivity (Wildman–Crippen MR) is 57.0 cm³/mol. The number of hydrogen-bond donors (Lipinski definition) is 1. The van der Waals surface area contributed by atoms with Crippen LogP contribution in [0.25, 0.3) is 0 Å². The van der Waals surface area contributed by atoms with E-state index in [9.17, 15) is 0 Å². The zero-order valence-corrected chi connectivity index (χ0v) is 8.40. The Morgan fingerprint density at radius 3 is 2.87 bits per heavy atom. The van der Waals surface area contributed by atoms with Crippen molar-refractivity contribution in [2.45, 2.75) is 6.29 Å². The Hall–Kier alpha value is -1.34. The van der Waals surface area contributed by atoms with Crippen LogP contribution in [0.1, 0.15) is 17.4 Å². The Kier molecular flexibility index (Phi) is 3.36. The number of hydrogen-bond acceptors (Lipinski definition) is 3. The first-order valence-electron chi connectivity index (χ1n) is 4.92. The van der Waals surface area contributed by atoms with Crippen molar-refractivity contribution in [3.63, 3.8) is 0 Å². The van der Waals surface area contributed by atoms with Crippen LogP contribution in [-0.2, 0) is 9.47 Å². The molecular weight excluding hydrogens is 190 g/mol. The molecule has 0 bridgehead atoms. The van der Waals surface area contributed by atoms with Crippen LogP contribution in [0.3, 0.4) is 0 Å². The topological polar surface area (TPSA) is 44.5 Å². The Morgan fingerprint density at radius 1 is 1.33 bits per heavy atom. The molecule has 1 aromatic carbocycles. The van der Waals surface area contributed by atoms with E-state index < -0.39 is 0 Å². The monoisotopic (exact) mass is 203 g/mol. The standard InChI is InChI=1S/C12H13NO2/c13-6-2-4-10-3-1-5-11(9-10)12-14-7-8-15-12/h1,3,5,9,12H,6-8,13H2. The molecule has 3 heteroatoms. The second-order valence-corrected chi connectivity index (χ2v) is 3.20. The average Bonchev–Trinajstić information content (AvgIpc) is 2.80. The molecule has 0 aliphatic carbocycles. The zero-order valence-electron chi connectivity index (χ0n) is 8.40. The molecule has 0 aromatic heterocycles. The molecule has 0 amide bonds. The molecule has 1 aliphatic heterocycles. The number of nitrogens with two attached hydrogens (primary N) is 1. The van der Waals surface area contributed by atoms with E-state index in [1.807, 2.05) is 24.3 Å². The van der Waals surface area contributed by atoms with Gasteiger partial charge >= 0.3 is 0 Å². The number of benzene rings is 1. The molecule has 1 aromatic rings. The van der Waals surface area contributed by atoms with Gasteiger partial charge in [0.05, 0.1) is 19.8 Å². The molecule has 78 valence electrons. The Labute approximate surface area is 89.2 Å². The van der Waals surface area contributed by atoms with Crippen molar-refractivity contribution in [1.82, 2.24) is 0 Å². The highest BCUT2D eigenvalue weighted by Gasteiger charge is 2.17. The van der Waals surface area contributed by atoms with Gasteiger partial charge in [-0.15, -0.1) is 0 Å². The summed E-state index contributed by atoms with van der Waals surface area (Å²) in [5, 5.41) is 0. The first-order chi connectivity index (χ1) is 7.40. The maximum absolute atomic E-state index is 5.40. The van der Waals surface area contributed by atoms with E-state index in [0.717, 1.165) is 11.1 Å². The van der Waals surface area contributed by atoms with Gasteiger partial charge in [-0.2, -0.15) is 0 Å². The van der Waals surface area contributed by atoms with Gasteiger partial charge in [0.15, 0.2) is 6.29 Å². The third kappa shape index (κ3) is 2.57. The van der Waals surface area contributed by atoms with Crippen LogP contribution in [0.4, 0.5) is 0 Å². The predicted octanol–water partition coefficient (Wildman–Crippen LogP) is 1.04. The Balaban J connectivity index is 2.18. The second kappa shape index (κ2) is 4.94. The fraction of sp³-hybridized carbons (Fsp3) is 0.333. The molecule has 0 unspecified atom stereocenters. The summed E-state index contributed by atoms with van der Waals surface area (Å²) in [6.45, 7) is 1.69. The first-order valence-corrected chi connectivity index (χ1v) is 4.92. The van der Waals surface area contributed by atoms with Crippen molar-refractivity contribution in [2.75, 3.05) is 19.8 Å². The van der Waals surface area contributed by atoms with E-state index >= 15 is 0 Å². The molecule has 3 nitrogen and oxygen atoms in total. The Morgan fingerprint density at radius 2 is 2.13 bits per heavy atom. The lowest BCUT2D eigenvalue weighted by Gasteiger charge is -2.08. The molecule has 15 heavy (non-hydrogen) atoms. The smallest absolute Gasteiger partial charge is 0.184 e. The summed E-state index contributed by atoms with van der Waals surface area (Å²) in [4.78, 5) is 0. The summed E-state index contributed by atoms with van der Waals surface area (Å²) in [5.41, 5.74) is 7.27. The van der Waals surface area contributed by atoms with Crippen molar-refractivity contribution in [3.8, 4) is 11.8 Å². The summed E-state index contributed by atoms with van der Waals surface area (Å²) in [6, 6.07) is 7.84. The number of ether oxygens (including phenoxy) is 2. The minimum atomic E-state index is -0.232. The van der Waals surface area contributed by atoms with Crippen LogP contribution in [0.2, 0.25) is 0 Å². The summed E-state index contributed by atoms with van der Waals surface area (Å²) in [7, 11) is 0. The molecule has 0 atom stereocenters. The van der Waals surface area contributed by atoms with Gasteiger partial charge in [-0.25, -0.2) is 0 Å². The minimum Gasteiger partial charge on any atom is -0.346 e. The SMILES string of the molecule is NCC#Cc1cccc(C2OCCO2)c1. The number of rotatable bonds is 1. The van der Waals surface area contributed by atoms with Gasteiger partial charge < -0.3 is 15.2 Å². The molecule has 2 N–H and O–H groups in total. The fourth-order valence-electron chi connectivity index (χ4n) is 1.47. The first kappa shape index (κ1) is 10.2. The average molecular weight is 203 g/mol. The van der Waals surface area contributed by atoms with E-state index in [1.165, 1.54) is 0 Å². The molecule has 2 rings (SSSR count). The third-order valence-electron chi connectivity index (χ3n) is 2.12. The van der Waals surface area contributed by atoms with Crippen LogP contribution < -0.4 is 5.73 Å². The highest BCUT2D eigenvalue weighted by molar-refractivity contribution is 5.37. The molecule has 1 heterocycles. The van der Waals surface area contributed by atoms with E-state index in [0.29, 0.717) is 19.8 Å². The van der Waals surface area contributed by atoms with Crippen molar-refractivity contribution in [2.24, 2.45) is 5.73 Å². The zero-order chi connectivity index (χ0) is 10.5. The van der Waals surface area contributed by atoms with E-state index in [2.05, 4.69) is 11.8 Å². The van der Waals surface area contributed by atoms with Crippen LogP contribution in [-0.4, -0.2) is 19.8 Å². The lowest BCUT2D eigenvalue weighted by molar-refractivity contribution is -0.0441. The molecular formula is C12H13NO2. The van der Waals surface area contributed by atoms with Crippen molar-refractivity contribution < 1.29 is 9.47 Å². The second-order valence-electron chi connectivity index (χ2n) is 3.20. The summed E-state index contributed by atoms with van der Waals surface area (Å²) in [6.07, 6.45) is -0.232. The summed E-state index contributed by atoms with van der Waals surface area (Å²) < 4.78 is 10.8. The normalized spacial score (nSPS) is 16.1. The van der Waals surface area contributed by atoms with Gasteiger partial charge in [0.2, 0.25) is 0 Å². The quantitative estimate of drug-likeness (QED) is 0.694. The largest absolute Gasteiger partial charge is 0.346 e. The van der Waals surface area contributed by atoms with Crippen LogP contribution in [0.5, 0.6) is 0 Å². The molecule has 1 aliphatic rings. The maximum Gasteiger partial charge on any atom is 0.184 e. The van der Waals surface area contributed by atoms with E-state index in [1.54, 1.807) is 0 Å². The summed E-state index contributed by atoms with van der Waals surface area (Å²) in [5.74, 6) is 5.80. The van der Waals surface area contributed by atoms with Gasteiger partial charge in [0, 0.05) is 11.1 Å². The molecule has 1 fully saturated rings. The third-order valence-corrected chi connectivity index (χ3v) is 2.12. The summed E-state index contributed by atoms with van der Waals surface area (Å²) >= 11 is 0. The van der Waals surface area contributed by atoms with Crippen molar-refractivity contribution >= 4 is 0 Å². The fourth-order valence-corrected chi connectivity index (χ4v) is 1.47. The van der Waals surface area contributed by atoms with Crippen LogP contribution in [0, 0.1) is 11.8 Å². The highest BCUT2D eigenvalue weighted by atomic mass is 16.7.